The average Bonchev–Trinajstić information content (AvgIpc) is 2.48. The lowest BCUT2D eigenvalue weighted by Crippen LogP contribution is -2.43. The molecule has 1 aromatic rings. The molecule has 1 aliphatic rings. The Morgan fingerprint density at radius 1 is 1.26 bits per heavy atom. The zero-order valence-electron chi connectivity index (χ0n) is 12.0. The maximum Gasteiger partial charge on any atom is 0.241 e. The Balaban J connectivity index is 2.15. The number of carbonyl (C=O) groups is 1. The molecule has 2 rings (SSSR count). The molecule has 1 fully saturated rings. The largest absolute Gasteiger partial charge is 0.324 e. The van der Waals surface area contributed by atoms with Crippen LogP contribution in [0.5, 0.6) is 0 Å². The van der Waals surface area contributed by atoms with Crippen molar-refractivity contribution in [1.29, 1.82) is 0 Å². The second kappa shape index (κ2) is 6.71. The normalized spacial score (nSPS) is 19.2. The molecule has 0 saturated carbocycles. The van der Waals surface area contributed by atoms with Crippen LogP contribution in [0, 0.1) is 0 Å². The highest BCUT2D eigenvalue weighted by Gasteiger charge is 2.21. The van der Waals surface area contributed by atoms with Crippen molar-refractivity contribution in [3.63, 3.8) is 0 Å². The molecule has 3 heteroatoms. The number of hydrogen-bond acceptors (Lipinski definition) is 2. The number of nitrogens with one attached hydrogen (secondary N) is 2. The average molecular weight is 260 g/mol. The van der Waals surface area contributed by atoms with Crippen molar-refractivity contribution < 1.29 is 4.79 Å². The smallest absolute Gasteiger partial charge is 0.241 e. The quantitative estimate of drug-likeness (QED) is 0.874. The Bertz CT molecular complexity index is 414. The monoisotopic (exact) mass is 260 g/mol. The lowest BCUT2D eigenvalue weighted by Gasteiger charge is -2.24. The first-order valence-corrected chi connectivity index (χ1v) is 7.41. The first-order valence-electron chi connectivity index (χ1n) is 7.41. The van der Waals surface area contributed by atoms with Crippen LogP contribution in [-0.4, -0.2) is 18.5 Å². The molecular formula is C16H24N2O. The summed E-state index contributed by atoms with van der Waals surface area (Å²) in [6.07, 6.45) is 5.15. The molecule has 0 spiro atoms. The molecule has 1 atom stereocenters. The number of piperidine rings is 1. The molecular weight excluding hydrogens is 236 g/mol. The molecule has 1 unspecified atom stereocenters. The molecule has 1 aliphatic heterocycles. The van der Waals surface area contributed by atoms with Gasteiger partial charge in [0.2, 0.25) is 5.91 Å². The van der Waals surface area contributed by atoms with E-state index in [1.165, 1.54) is 17.5 Å². The van der Waals surface area contributed by atoms with E-state index in [2.05, 4.69) is 42.7 Å². The van der Waals surface area contributed by atoms with Crippen LogP contribution in [0.3, 0.4) is 0 Å². The van der Waals surface area contributed by atoms with Crippen LogP contribution in [0.2, 0.25) is 0 Å². The van der Waals surface area contributed by atoms with E-state index in [0.29, 0.717) is 0 Å². The Morgan fingerprint density at radius 2 is 1.95 bits per heavy atom. The van der Waals surface area contributed by atoms with Crippen LogP contribution in [-0.2, 0) is 17.6 Å². The Hall–Kier alpha value is -1.35. The third-order valence-electron chi connectivity index (χ3n) is 3.87. The number of para-hydroxylation sites is 1. The van der Waals surface area contributed by atoms with Crippen LogP contribution in [0.4, 0.5) is 5.69 Å². The fourth-order valence-corrected chi connectivity index (χ4v) is 2.69. The topological polar surface area (TPSA) is 41.1 Å². The molecule has 2 N–H and O–H groups in total. The van der Waals surface area contributed by atoms with Gasteiger partial charge in [0.15, 0.2) is 0 Å². The fourth-order valence-electron chi connectivity index (χ4n) is 2.69. The third kappa shape index (κ3) is 3.35. The number of rotatable bonds is 4. The zero-order chi connectivity index (χ0) is 13.7. The molecule has 19 heavy (non-hydrogen) atoms. The Labute approximate surface area is 115 Å². The van der Waals surface area contributed by atoms with Gasteiger partial charge in [0.05, 0.1) is 6.04 Å². The van der Waals surface area contributed by atoms with E-state index in [-0.39, 0.29) is 11.9 Å². The van der Waals surface area contributed by atoms with E-state index in [9.17, 15) is 4.79 Å². The van der Waals surface area contributed by atoms with Crippen LogP contribution in [0.25, 0.3) is 0 Å². The predicted molar refractivity (Wildman–Crippen MR) is 79.5 cm³/mol. The standard InChI is InChI=1S/C16H24N2O/c1-3-12-8-7-9-13(4-2)15(12)18-16(19)14-10-5-6-11-17-14/h7-9,14,17H,3-6,10-11H2,1-2H3,(H,18,19). The van der Waals surface area contributed by atoms with Gasteiger partial charge in [-0.15, -0.1) is 0 Å². The van der Waals surface area contributed by atoms with Crippen LogP contribution >= 0.6 is 0 Å². The molecule has 0 bridgehead atoms. The van der Waals surface area contributed by atoms with Crippen molar-refractivity contribution in [2.45, 2.75) is 52.0 Å². The lowest BCUT2D eigenvalue weighted by atomic mass is 10.0. The summed E-state index contributed by atoms with van der Waals surface area (Å²) in [7, 11) is 0. The number of anilines is 1. The maximum atomic E-state index is 12.3. The maximum absolute atomic E-state index is 12.3. The summed E-state index contributed by atoms with van der Waals surface area (Å²) in [6, 6.07) is 6.25. The molecule has 3 nitrogen and oxygen atoms in total. The first kappa shape index (κ1) is 14.1. The van der Waals surface area contributed by atoms with Crippen molar-refractivity contribution in [1.82, 2.24) is 5.32 Å². The van der Waals surface area contributed by atoms with Crippen LogP contribution in [0.1, 0.15) is 44.2 Å². The van der Waals surface area contributed by atoms with Gasteiger partial charge < -0.3 is 10.6 Å². The van der Waals surface area contributed by atoms with E-state index < -0.39 is 0 Å². The van der Waals surface area contributed by atoms with Gasteiger partial charge in [-0.1, -0.05) is 38.5 Å². The summed E-state index contributed by atoms with van der Waals surface area (Å²) in [5.74, 6) is 0.121. The SMILES string of the molecule is CCc1cccc(CC)c1NC(=O)C1CCCCN1. The van der Waals surface area contributed by atoms with Gasteiger partial charge in [-0.3, -0.25) is 4.79 Å². The molecule has 0 radical (unpaired) electrons. The Kier molecular flexibility index (Phi) is 4.97. The van der Waals surface area contributed by atoms with Gasteiger partial charge in [-0.25, -0.2) is 0 Å². The molecule has 1 amide bonds. The van der Waals surface area contributed by atoms with E-state index >= 15 is 0 Å². The highest BCUT2D eigenvalue weighted by atomic mass is 16.2. The third-order valence-corrected chi connectivity index (χ3v) is 3.87. The van der Waals surface area contributed by atoms with Gasteiger partial charge in [0.25, 0.3) is 0 Å². The lowest BCUT2D eigenvalue weighted by molar-refractivity contribution is -0.118. The fraction of sp³-hybridized carbons (Fsp3) is 0.562. The number of hydrogen-bond donors (Lipinski definition) is 2. The molecule has 104 valence electrons. The summed E-state index contributed by atoms with van der Waals surface area (Å²) < 4.78 is 0. The number of carbonyl (C=O) groups excluding carboxylic acids is 1. The Morgan fingerprint density at radius 3 is 2.47 bits per heavy atom. The molecule has 1 heterocycles. The van der Waals surface area contributed by atoms with Gasteiger partial charge >= 0.3 is 0 Å². The zero-order valence-corrected chi connectivity index (χ0v) is 12.0. The highest BCUT2D eigenvalue weighted by Crippen LogP contribution is 2.23. The number of aryl methyl sites for hydroxylation is 2. The second-order valence-electron chi connectivity index (χ2n) is 5.15. The van der Waals surface area contributed by atoms with Crippen molar-refractivity contribution in [2.24, 2.45) is 0 Å². The first-order chi connectivity index (χ1) is 9.26. The minimum absolute atomic E-state index is 0.0247. The van der Waals surface area contributed by atoms with Crippen molar-refractivity contribution in [2.75, 3.05) is 11.9 Å². The highest BCUT2D eigenvalue weighted by molar-refractivity contribution is 5.96. The van der Waals surface area contributed by atoms with Gasteiger partial charge in [0, 0.05) is 5.69 Å². The molecule has 1 aromatic carbocycles. The van der Waals surface area contributed by atoms with E-state index in [1.807, 2.05) is 0 Å². The van der Waals surface area contributed by atoms with Crippen molar-refractivity contribution in [3.05, 3.63) is 29.3 Å². The van der Waals surface area contributed by atoms with Crippen molar-refractivity contribution >= 4 is 11.6 Å². The minimum Gasteiger partial charge on any atom is -0.324 e. The summed E-state index contributed by atoms with van der Waals surface area (Å²) in [5, 5.41) is 6.45. The van der Waals surface area contributed by atoms with Gasteiger partial charge in [-0.2, -0.15) is 0 Å². The molecule has 0 aliphatic carbocycles. The molecule has 0 aromatic heterocycles. The van der Waals surface area contributed by atoms with E-state index in [4.69, 9.17) is 0 Å². The van der Waals surface area contributed by atoms with Crippen molar-refractivity contribution in [3.8, 4) is 0 Å². The van der Waals surface area contributed by atoms with E-state index in [1.54, 1.807) is 0 Å². The summed E-state index contributed by atoms with van der Waals surface area (Å²) in [5.41, 5.74) is 3.48. The van der Waals surface area contributed by atoms with Crippen LogP contribution in [0.15, 0.2) is 18.2 Å². The summed E-state index contributed by atoms with van der Waals surface area (Å²) in [6.45, 7) is 5.21. The van der Waals surface area contributed by atoms with Gasteiger partial charge in [-0.05, 0) is 43.4 Å². The summed E-state index contributed by atoms with van der Waals surface area (Å²) >= 11 is 0. The second-order valence-corrected chi connectivity index (χ2v) is 5.15. The van der Waals surface area contributed by atoms with Gasteiger partial charge in [0.1, 0.15) is 0 Å². The van der Waals surface area contributed by atoms with E-state index in [0.717, 1.165) is 37.9 Å². The van der Waals surface area contributed by atoms with Crippen LogP contribution < -0.4 is 10.6 Å². The minimum atomic E-state index is -0.0247. The number of amides is 1. The summed E-state index contributed by atoms with van der Waals surface area (Å²) in [4.78, 5) is 12.3. The predicted octanol–water partition coefficient (Wildman–Crippen LogP) is 2.89. The number of benzene rings is 1. The molecule has 1 saturated heterocycles.